The van der Waals surface area contributed by atoms with E-state index in [-0.39, 0.29) is 6.03 Å². The molecule has 1 heterocycles. The van der Waals surface area contributed by atoms with Crippen LogP contribution >= 0.6 is 0 Å². The number of nitrogens with two attached hydrogens (primary N) is 1. The topological polar surface area (TPSA) is 58.4 Å². The van der Waals surface area contributed by atoms with Crippen molar-refractivity contribution in [2.24, 2.45) is 11.7 Å². The fraction of sp³-hybridized carbons (Fsp3) is 0.500. The van der Waals surface area contributed by atoms with Crippen molar-refractivity contribution in [1.29, 1.82) is 0 Å². The first-order valence-corrected chi connectivity index (χ1v) is 6.47. The molecular weight excluding hydrogens is 226 g/mol. The van der Waals surface area contributed by atoms with Crippen LogP contribution in [-0.4, -0.2) is 30.6 Å². The maximum Gasteiger partial charge on any atom is 0.317 e. The zero-order chi connectivity index (χ0) is 13.0. The summed E-state index contributed by atoms with van der Waals surface area (Å²) in [4.78, 5) is 13.7. The highest BCUT2D eigenvalue weighted by Gasteiger charge is 2.24. The number of urea groups is 1. The van der Waals surface area contributed by atoms with Gasteiger partial charge in [-0.25, -0.2) is 4.79 Å². The van der Waals surface area contributed by atoms with Gasteiger partial charge in [-0.15, -0.1) is 0 Å². The van der Waals surface area contributed by atoms with Gasteiger partial charge in [-0.1, -0.05) is 29.8 Å². The number of aryl methyl sites for hydroxylation is 1. The summed E-state index contributed by atoms with van der Waals surface area (Å²) in [6, 6.07) is 8.34. The second kappa shape index (κ2) is 5.87. The van der Waals surface area contributed by atoms with E-state index in [1.54, 1.807) is 0 Å². The van der Waals surface area contributed by atoms with E-state index in [9.17, 15) is 4.79 Å². The second-order valence-electron chi connectivity index (χ2n) is 5.00. The maximum absolute atomic E-state index is 11.8. The molecule has 1 aliphatic heterocycles. The molecule has 0 saturated carbocycles. The summed E-state index contributed by atoms with van der Waals surface area (Å²) < 4.78 is 0. The minimum atomic E-state index is 0.0313. The highest BCUT2D eigenvalue weighted by atomic mass is 16.2. The smallest absolute Gasteiger partial charge is 0.317 e. The fourth-order valence-electron chi connectivity index (χ4n) is 2.28. The normalized spacial score (nSPS) is 19.8. The first-order chi connectivity index (χ1) is 8.69. The first kappa shape index (κ1) is 12.9. The van der Waals surface area contributed by atoms with Gasteiger partial charge in [0.25, 0.3) is 0 Å². The Kier molecular flexibility index (Phi) is 4.20. The molecule has 1 aliphatic rings. The molecule has 1 aromatic carbocycles. The number of amides is 2. The lowest BCUT2D eigenvalue weighted by atomic mass is 10.0. The van der Waals surface area contributed by atoms with Crippen molar-refractivity contribution in [3.63, 3.8) is 0 Å². The Balaban J connectivity index is 1.98. The Labute approximate surface area is 108 Å². The molecule has 1 saturated heterocycles. The molecule has 4 nitrogen and oxygen atoms in total. The Bertz CT molecular complexity index is 402. The van der Waals surface area contributed by atoms with Crippen molar-refractivity contribution in [3.05, 3.63) is 35.4 Å². The van der Waals surface area contributed by atoms with Crippen LogP contribution in [0.1, 0.15) is 17.5 Å². The molecule has 0 aliphatic carbocycles. The number of nitrogens with zero attached hydrogens (tertiary/aromatic N) is 1. The molecule has 1 fully saturated rings. The molecule has 0 bridgehead atoms. The van der Waals surface area contributed by atoms with E-state index in [1.165, 1.54) is 11.1 Å². The van der Waals surface area contributed by atoms with Crippen molar-refractivity contribution >= 4 is 6.03 Å². The zero-order valence-corrected chi connectivity index (χ0v) is 10.9. The molecule has 1 unspecified atom stereocenters. The molecule has 3 N–H and O–H groups in total. The fourth-order valence-corrected chi connectivity index (χ4v) is 2.28. The van der Waals surface area contributed by atoms with Crippen LogP contribution < -0.4 is 11.1 Å². The predicted octanol–water partition coefficient (Wildman–Crippen LogP) is 1.49. The van der Waals surface area contributed by atoms with Crippen molar-refractivity contribution < 1.29 is 4.79 Å². The van der Waals surface area contributed by atoms with Crippen molar-refractivity contribution in [2.75, 3.05) is 19.6 Å². The van der Waals surface area contributed by atoms with Crippen LogP contribution in [0.2, 0.25) is 0 Å². The van der Waals surface area contributed by atoms with Crippen LogP contribution in [0.5, 0.6) is 0 Å². The summed E-state index contributed by atoms with van der Waals surface area (Å²) in [5.74, 6) is 0.471. The molecule has 1 atom stereocenters. The number of hydrogen-bond acceptors (Lipinski definition) is 2. The average molecular weight is 247 g/mol. The summed E-state index contributed by atoms with van der Waals surface area (Å²) >= 11 is 0. The molecule has 0 spiro atoms. The van der Waals surface area contributed by atoms with Gasteiger partial charge in [-0.2, -0.15) is 0 Å². The van der Waals surface area contributed by atoms with Gasteiger partial charge in [0.2, 0.25) is 0 Å². The SMILES string of the molecule is Cc1ccc(CN2CC(CCN)CNC2=O)cc1. The van der Waals surface area contributed by atoms with E-state index < -0.39 is 0 Å². The highest BCUT2D eigenvalue weighted by Crippen LogP contribution is 2.14. The third-order valence-electron chi connectivity index (χ3n) is 3.38. The predicted molar refractivity (Wildman–Crippen MR) is 72.1 cm³/mol. The quantitative estimate of drug-likeness (QED) is 0.847. The molecule has 18 heavy (non-hydrogen) atoms. The molecular formula is C14H21N3O. The Morgan fingerprint density at radius 2 is 2.11 bits per heavy atom. The van der Waals surface area contributed by atoms with Gasteiger partial charge in [-0.05, 0) is 31.4 Å². The minimum absolute atomic E-state index is 0.0313. The van der Waals surface area contributed by atoms with Gasteiger partial charge < -0.3 is 16.0 Å². The third-order valence-corrected chi connectivity index (χ3v) is 3.38. The standard InChI is InChI=1S/C14H21N3O/c1-11-2-4-12(5-3-11)9-17-10-13(6-7-15)8-16-14(17)18/h2-5,13H,6-10,15H2,1H3,(H,16,18). The molecule has 2 rings (SSSR count). The molecule has 1 aromatic rings. The van der Waals surface area contributed by atoms with Crippen LogP contribution in [0.3, 0.4) is 0 Å². The van der Waals surface area contributed by atoms with Crippen LogP contribution in [0.15, 0.2) is 24.3 Å². The average Bonchev–Trinajstić information content (AvgIpc) is 2.36. The molecule has 0 radical (unpaired) electrons. The van der Waals surface area contributed by atoms with E-state index in [0.717, 1.165) is 19.5 Å². The molecule has 4 heteroatoms. The van der Waals surface area contributed by atoms with Crippen LogP contribution in [0.25, 0.3) is 0 Å². The van der Waals surface area contributed by atoms with Crippen molar-refractivity contribution in [3.8, 4) is 0 Å². The first-order valence-electron chi connectivity index (χ1n) is 6.47. The van der Waals surface area contributed by atoms with Gasteiger partial charge in [0.15, 0.2) is 0 Å². The number of carbonyl (C=O) groups excluding carboxylic acids is 1. The lowest BCUT2D eigenvalue weighted by Gasteiger charge is -2.33. The molecule has 2 amide bonds. The van der Waals surface area contributed by atoms with E-state index in [0.29, 0.717) is 19.0 Å². The van der Waals surface area contributed by atoms with E-state index in [4.69, 9.17) is 5.73 Å². The Hall–Kier alpha value is -1.55. The maximum atomic E-state index is 11.8. The van der Waals surface area contributed by atoms with Gasteiger partial charge in [0.05, 0.1) is 0 Å². The Morgan fingerprint density at radius 3 is 2.78 bits per heavy atom. The Morgan fingerprint density at radius 1 is 1.39 bits per heavy atom. The summed E-state index contributed by atoms with van der Waals surface area (Å²) in [5, 5.41) is 2.93. The van der Waals surface area contributed by atoms with Crippen LogP contribution in [0.4, 0.5) is 4.79 Å². The van der Waals surface area contributed by atoms with Crippen LogP contribution in [0, 0.1) is 12.8 Å². The largest absolute Gasteiger partial charge is 0.338 e. The monoisotopic (exact) mass is 247 g/mol. The number of nitrogens with one attached hydrogen (secondary N) is 1. The number of benzene rings is 1. The van der Waals surface area contributed by atoms with Gasteiger partial charge in [0.1, 0.15) is 0 Å². The lowest BCUT2D eigenvalue weighted by molar-refractivity contribution is 0.162. The molecule has 98 valence electrons. The summed E-state index contributed by atoms with van der Waals surface area (Å²) in [6.45, 7) is 4.97. The second-order valence-corrected chi connectivity index (χ2v) is 5.00. The van der Waals surface area contributed by atoms with Crippen LogP contribution in [-0.2, 0) is 6.54 Å². The number of carbonyl (C=O) groups is 1. The number of hydrogen-bond donors (Lipinski definition) is 2. The van der Waals surface area contributed by atoms with E-state index >= 15 is 0 Å². The zero-order valence-electron chi connectivity index (χ0n) is 10.9. The molecule has 0 aromatic heterocycles. The van der Waals surface area contributed by atoms with Gasteiger partial charge in [0, 0.05) is 19.6 Å². The third kappa shape index (κ3) is 3.23. The van der Waals surface area contributed by atoms with E-state index in [1.807, 2.05) is 4.90 Å². The van der Waals surface area contributed by atoms with Crippen molar-refractivity contribution in [1.82, 2.24) is 10.2 Å². The lowest BCUT2D eigenvalue weighted by Crippen LogP contribution is -2.50. The number of rotatable bonds is 4. The minimum Gasteiger partial charge on any atom is -0.338 e. The van der Waals surface area contributed by atoms with Gasteiger partial charge >= 0.3 is 6.03 Å². The summed E-state index contributed by atoms with van der Waals surface area (Å²) in [7, 11) is 0. The van der Waals surface area contributed by atoms with Crippen molar-refractivity contribution in [2.45, 2.75) is 19.9 Å². The summed E-state index contributed by atoms with van der Waals surface area (Å²) in [5.41, 5.74) is 7.99. The van der Waals surface area contributed by atoms with E-state index in [2.05, 4.69) is 36.5 Å². The summed E-state index contributed by atoms with van der Waals surface area (Å²) in [6.07, 6.45) is 0.963. The van der Waals surface area contributed by atoms with Gasteiger partial charge in [-0.3, -0.25) is 0 Å². The highest BCUT2D eigenvalue weighted by molar-refractivity contribution is 5.75.